The van der Waals surface area contributed by atoms with Gasteiger partial charge in [-0.05, 0) is 49.9 Å². The van der Waals surface area contributed by atoms with Gasteiger partial charge in [-0.3, -0.25) is 0 Å². The van der Waals surface area contributed by atoms with E-state index in [1.54, 1.807) is 24.3 Å². The van der Waals surface area contributed by atoms with E-state index in [2.05, 4.69) is 46.0 Å². The Kier molecular flexibility index (Phi) is 5.63. The van der Waals surface area contributed by atoms with Crippen LogP contribution >= 0.6 is 0 Å². The molecule has 1 heterocycles. The summed E-state index contributed by atoms with van der Waals surface area (Å²) in [7, 11) is -3.65. The van der Waals surface area contributed by atoms with Gasteiger partial charge >= 0.3 is 0 Å². The second-order valence-electron chi connectivity index (χ2n) is 8.29. The third kappa shape index (κ3) is 4.17. The first-order valence-corrected chi connectivity index (χ1v) is 11.9. The van der Waals surface area contributed by atoms with Crippen LogP contribution in [0.4, 0.5) is 5.69 Å². The molecule has 4 rings (SSSR count). The molecule has 0 aromatic heterocycles. The highest BCUT2D eigenvalue weighted by Gasteiger charge is 2.41. The van der Waals surface area contributed by atoms with Crippen LogP contribution in [-0.4, -0.2) is 26.7 Å². The van der Waals surface area contributed by atoms with Gasteiger partial charge in [0.15, 0.2) is 0 Å². The van der Waals surface area contributed by atoms with Gasteiger partial charge in [0.1, 0.15) is 0 Å². The molecule has 2 aliphatic rings. The number of hydrogen-bond acceptors (Lipinski definition) is 4. The lowest BCUT2D eigenvalue weighted by atomic mass is 9.71. The Hall–Kier alpha value is -2.34. The van der Waals surface area contributed by atoms with Gasteiger partial charge in [0, 0.05) is 36.3 Å². The van der Waals surface area contributed by atoms with Crippen molar-refractivity contribution in [3.8, 4) is 0 Å². The Morgan fingerprint density at radius 2 is 1.76 bits per heavy atom. The molecule has 0 unspecified atom stereocenters. The lowest BCUT2D eigenvalue weighted by Gasteiger charge is -2.48. The van der Waals surface area contributed by atoms with Crippen molar-refractivity contribution < 1.29 is 8.42 Å². The van der Waals surface area contributed by atoms with Crippen LogP contribution in [0.1, 0.15) is 38.2 Å². The van der Waals surface area contributed by atoms with Crippen LogP contribution in [0.3, 0.4) is 0 Å². The first-order valence-electron chi connectivity index (χ1n) is 10.4. The smallest absolute Gasteiger partial charge is 0.276 e. The molecule has 1 saturated heterocycles. The van der Waals surface area contributed by atoms with Crippen LogP contribution in [0, 0.1) is 18.8 Å². The molecule has 29 heavy (non-hydrogen) atoms. The normalized spacial score (nSPS) is 26.2. The monoisotopic (exact) mass is 411 g/mol. The van der Waals surface area contributed by atoms with E-state index in [4.69, 9.17) is 0 Å². The second kappa shape index (κ2) is 8.19. The highest BCUT2D eigenvalue weighted by Crippen LogP contribution is 2.39. The van der Waals surface area contributed by atoms with E-state index in [9.17, 15) is 8.42 Å². The van der Waals surface area contributed by atoms with Gasteiger partial charge in [-0.2, -0.15) is 13.5 Å². The minimum atomic E-state index is -3.65. The molecule has 1 N–H and O–H groups in total. The van der Waals surface area contributed by atoms with Crippen LogP contribution in [0.2, 0.25) is 0 Å². The van der Waals surface area contributed by atoms with Crippen LogP contribution in [0.15, 0.2) is 64.6 Å². The number of para-hydroxylation sites is 1. The molecule has 5 nitrogen and oxygen atoms in total. The van der Waals surface area contributed by atoms with Crippen molar-refractivity contribution >= 4 is 21.4 Å². The third-order valence-corrected chi connectivity index (χ3v) is 7.53. The maximum Gasteiger partial charge on any atom is 0.276 e. The molecule has 0 bridgehead atoms. The molecule has 0 radical (unpaired) electrons. The summed E-state index contributed by atoms with van der Waals surface area (Å²) in [6.07, 6.45) is 4.26. The zero-order valence-corrected chi connectivity index (χ0v) is 17.9. The van der Waals surface area contributed by atoms with Crippen molar-refractivity contribution in [3.63, 3.8) is 0 Å². The van der Waals surface area contributed by atoms with Crippen molar-refractivity contribution in [3.05, 3.63) is 60.2 Å². The minimum absolute atomic E-state index is 0.252. The molecule has 0 spiro atoms. The number of nitrogens with zero attached hydrogens (tertiary/aromatic N) is 2. The van der Waals surface area contributed by atoms with E-state index < -0.39 is 10.0 Å². The maximum atomic E-state index is 12.7. The number of hydrazone groups is 1. The lowest BCUT2D eigenvalue weighted by Crippen LogP contribution is -2.54. The summed E-state index contributed by atoms with van der Waals surface area (Å²) in [6.45, 7) is 5.08. The Balaban J connectivity index is 1.58. The van der Waals surface area contributed by atoms with Crippen molar-refractivity contribution in [2.45, 2.75) is 50.5 Å². The van der Waals surface area contributed by atoms with Gasteiger partial charge in [0.25, 0.3) is 10.0 Å². The number of anilines is 1. The Labute approximate surface area is 173 Å². The Morgan fingerprint density at radius 3 is 2.48 bits per heavy atom. The fourth-order valence-electron chi connectivity index (χ4n) is 4.81. The number of aryl methyl sites for hydroxylation is 1. The largest absolute Gasteiger partial charge is 0.367 e. The van der Waals surface area contributed by atoms with Crippen molar-refractivity contribution in [1.29, 1.82) is 0 Å². The van der Waals surface area contributed by atoms with E-state index in [1.165, 1.54) is 12.1 Å². The highest BCUT2D eigenvalue weighted by molar-refractivity contribution is 7.89. The van der Waals surface area contributed by atoms with Crippen LogP contribution in [0.5, 0.6) is 0 Å². The summed E-state index contributed by atoms with van der Waals surface area (Å²) in [5, 5.41) is 4.47. The van der Waals surface area contributed by atoms with E-state index in [-0.39, 0.29) is 10.8 Å². The summed E-state index contributed by atoms with van der Waals surface area (Å²) in [5.41, 5.74) is 3.27. The predicted octanol–water partition coefficient (Wildman–Crippen LogP) is 4.34. The van der Waals surface area contributed by atoms with E-state index in [0.29, 0.717) is 12.0 Å². The Bertz CT molecular complexity index is 971. The number of piperidine rings is 1. The quantitative estimate of drug-likeness (QED) is 0.761. The van der Waals surface area contributed by atoms with Crippen LogP contribution in [0.25, 0.3) is 0 Å². The minimum Gasteiger partial charge on any atom is -0.367 e. The van der Waals surface area contributed by atoms with Crippen LogP contribution in [-0.2, 0) is 10.0 Å². The van der Waals surface area contributed by atoms with Gasteiger partial charge in [-0.1, -0.05) is 49.2 Å². The Morgan fingerprint density at radius 1 is 1.03 bits per heavy atom. The average Bonchev–Trinajstić information content (AvgIpc) is 2.73. The predicted molar refractivity (Wildman–Crippen MR) is 118 cm³/mol. The van der Waals surface area contributed by atoms with Crippen molar-refractivity contribution in [1.82, 2.24) is 4.83 Å². The van der Waals surface area contributed by atoms with E-state index >= 15 is 0 Å². The number of hydrogen-bond donors (Lipinski definition) is 1. The second-order valence-corrected chi connectivity index (χ2v) is 9.95. The summed E-state index contributed by atoms with van der Waals surface area (Å²) >= 11 is 0. The standard InChI is InChI=1S/C23H29N3O2S/c1-17-11-13-20(14-12-17)29(27,28)25-24-21-15-16-26(19-8-4-3-5-9-19)22-10-6-7-18(2)23(21)22/h3-5,8-9,11-14,18,22-23,25H,6-7,10,15-16H2,1-2H3/b24-21+/t18-,22-,23-/m1/s1. The van der Waals surface area contributed by atoms with E-state index in [0.717, 1.165) is 37.1 Å². The number of rotatable bonds is 4. The molecule has 1 aliphatic carbocycles. The zero-order valence-electron chi connectivity index (χ0n) is 17.1. The van der Waals surface area contributed by atoms with Crippen molar-refractivity contribution in [2.24, 2.45) is 16.9 Å². The zero-order chi connectivity index (χ0) is 20.4. The molecular weight excluding hydrogens is 382 g/mol. The first-order chi connectivity index (χ1) is 14.0. The number of sulfonamides is 1. The van der Waals surface area contributed by atoms with Gasteiger partial charge in [-0.25, -0.2) is 4.83 Å². The van der Waals surface area contributed by atoms with Gasteiger partial charge < -0.3 is 4.90 Å². The molecule has 2 aromatic carbocycles. The molecule has 3 atom stereocenters. The lowest BCUT2D eigenvalue weighted by molar-refractivity contribution is 0.259. The fourth-order valence-corrected chi connectivity index (χ4v) is 5.65. The number of benzene rings is 2. The van der Waals surface area contributed by atoms with Gasteiger partial charge in [0.2, 0.25) is 0 Å². The molecular formula is C23H29N3O2S. The SMILES string of the molecule is Cc1ccc(S(=O)(=O)N/N=C2\CCN(c3ccccc3)[C@@H]3CCC[C@@H](C)[C@H]23)cc1. The summed E-state index contributed by atoms with van der Waals surface area (Å²) in [6, 6.07) is 17.8. The van der Waals surface area contributed by atoms with Crippen molar-refractivity contribution in [2.75, 3.05) is 11.4 Å². The van der Waals surface area contributed by atoms with Crippen LogP contribution < -0.4 is 9.73 Å². The third-order valence-electron chi connectivity index (χ3n) is 6.31. The fraction of sp³-hybridized carbons (Fsp3) is 0.435. The molecule has 2 fully saturated rings. The average molecular weight is 412 g/mol. The molecule has 0 amide bonds. The number of nitrogens with one attached hydrogen (secondary N) is 1. The topological polar surface area (TPSA) is 61.8 Å². The molecule has 1 saturated carbocycles. The molecule has 154 valence electrons. The maximum absolute atomic E-state index is 12.7. The molecule has 2 aromatic rings. The molecule has 6 heteroatoms. The van der Waals surface area contributed by atoms with Gasteiger partial charge in [-0.15, -0.1) is 0 Å². The first kappa shape index (κ1) is 20.0. The summed E-state index contributed by atoms with van der Waals surface area (Å²) < 4.78 is 25.4. The summed E-state index contributed by atoms with van der Waals surface area (Å²) in [5.74, 6) is 0.765. The summed E-state index contributed by atoms with van der Waals surface area (Å²) in [4.78, 5) is 5.26. The van der Waals surface area contributed by atoms with Gasteiger partial charge in [0.05, 0.1) is 4.90 Å². The molecule has 1 aliphatic heterocycles. The van der Waals surface area contributed by atoms with E-state index in [1.807, 2.05) is 13.0 Å². The highest BCUT2D eigenvalue weighted by atomic mass is 32.2. The number of fused-ring (bicyclic) bond motifs is 1.